The fourth-order valence-corrected chi connectivity index (χ4v) is 5.50. The lowest BCUT2D eigenvalue weighted by Crippen LogP contribution is -2.33. The van der Waals surface area contributed by atoms with Crippen LogP contribution < -0.4 is 4.74 Å². The highest BCUT2D eigenvalue weighted by Crippen LogP contribution is 2.48. The molecule has 0 aromatic heterocycles. The van der Waals surface area contributed by atoms with Gasteiger partial charge in [0, 0.05) is 11.6 Å². The number of aromatic hydroxyl groups is 1. The fourth-order valence-electron chi connectivity index (χ4n) is 5.50. The number of hydrogen-bond donors (Lipinski definition) is 2. The number of fused-ring (bicyclic) bond motifs is 1. The molecule has 4 aromatic carbocycles. The van der Waals surface area contributed by atoms with Crippen LogP contribution in [0.15, 0.2) is 84.9 Å². The van der Waals surface area contributed by atoms with E-state index in [2.05, 4.69) is 70.2 Å². The molecule has 4 heteroatoms. The molecule has 1 aliphatic rings. The van der Waals surface area contributed by atoms with Crippen LogP contribution in [0.2, 0.25) is 0 Å². The Labute approximate surface area is 218 Å². The second-order valence-corrected chi connectivity index (χ2v) is 11.2. The highest BCUT2D eigenvalue weighted by atomic mass is 16.7. The van der Waals surface area contributed by atoms with E-state index in [1.54, 1.807) is 12.1 Å². The number of carboxylic acid groups (broad SMARTS) is 1. The number of phenols is 1. The van der Waals surface area contributed by atoms with Crippen LogP contribution in [0.1, 0.15) is 51.7 Å². The lowest BCUT2D eigenvalue weighted by molar-refractivity contribution is 0.144. The van der Waals surface area contributed by atoms with Gasteiger partial charge in [0.15, 0.2) is 0 Å². The van der Waals surface area contributed by atoms with E-state index < -0.39 is 6.16 Å². The van der Waals surface area contributed by atoms with E-state index in [1.807, 2.05) is 24.3 Å². The van der Waals surface area contributed by atoms with E-state index in [0.717, 1.165) is 40.7 Å². The van der Waals surface area contributed by atoms with Gasteiger partial charge in [-0.25, -0.2) is 4.79 Å². The Morgan fingerprint density at radius 1 is 0.676 bits per heavy atom. The third-order valence-electron chi connectivity index (χ3n) is 7.75. The monoisotopic (exact) mass is 492 g/mol. The quantitative estimate of drug-likeness (QED) is 0.221. The van der Waals surface area contributed by atoms with Gasteiger partial charge in [0.05, 0.1) is 0 Å². The first-order chi connectivity index (χ1) is 17.5. The summed E-state index contributed by atoms with van der Waals surface area (Å²) < 4.78 is 4.70. The van der Waals surface area contributed by atoms with Crippen molar-refractivity contribution in [2.24, 2.45) is 0 Å². The molecule has 0 aliphatic heterocycles. The van der Waals surface area contributed by atoms with Gasteiger partial charge in [-0.2, -0.15) is 0 Å². The minimum absolute atomic E-state index is 0.0366. The van der Waals surface area contributed by atoms with Crippen molar-refractivity contribution in [2.75, 3.05) is 0 Å². The molecular formula is C33H32O4. The largest absolute Gasteiger partial charge is 0.511 e. The van der Waals surface area contributed by atoms with Gasteiger partial charge in [-0.05, 0) is 80.8 Å². The van der Waals surface area contributed by atoms with E-state index in [9.17, 15) is 9.90 Å². The molecule has 0 saturated carbocycles. The molecule has 4 nitrogen and oxygen atoms in total. The Morgan fingerprint density at radius 2 is 1.30 bits per heavy atom. The molecular weight excluding hydrogens is 460 g/mol. The first kappa shape index (κ1) is 24.6. The molecule has 1 aliphatic carbocycles. The third kappa shape index (κ3) is 4.72. The normalized spacial score (nSPS) is 15.6. The summed E-state index contributed by atoms with van der Waals surface area (Å²) in [5, 5.41) is 19.6. The molecule has 37 heavy (non-hydrogen) atoms. The van der Waals surface area contributed by atoms with Crippen LogP contribution in [0.5, 0.6) is 11.5 Å². The molecule has 0 unspecified atom stereocenters. The smallest absolute Gasteiger partial charge is 0.507 e. The van der Waals surface area contributed by atoms with E-state index in [0.29, 0.717) is 5.56 Å². The number of phenolic OH excluding ortho intramolecular Hbond substituents is 1. The highest BCUT2D eigenvalue weighted by molar-refractivity contribution is 5.88. The van der Waals surface area contributed by atoms with Gasteiger partial charge < -0.3 is 14.9 Å². The molecule has 0 amide bonds. The van der Waals surface area contributed by atoms with Crippen molar-refractivity contribution < 1.29 is 19.7 Å². The molecule has 0 heterocycles. The summed E-state index contributed by atoms with van der Waals surface area (Å²) in [6.45, 7) is 9.32. The number of ether oxygens (including phenoxy) is 1. The first-order valence-corrected chi connectivity index (χ1v) is 12.6. The summed E-state index contributed by atoms with van der Waals surface area (Å²) in [5.41, 5.74) is 8.93. The Bertz CT molecular complexity index is 1480. The molecule has 0 fully saturated rings. The molecule has 0 bridgehead atoms. The predicted octanol–water partition coefficient (Wildman–Crippen LogP) is 8.80. The summed E-state index contributed by atoms with van der Waals surface area (Å²) in [4.78, 5) is 10.9. The topological polar surface area (TPSA) is 66.8 Å². The van der Waals surface area contributed by atoms with Gasteiger partial charge in [-0.1, -0.05) is 88.4 Å². The van der Waals surface area contributed by atoms with Crippen molar-refractivity contribution in [3.8, 4) is 44.9 Å². The second kappa shape index (κ2) is 9.11. The van der Waals surface area contributed by atoms with Gasteiger partial charge in [-0.3, -0.25) is 0 Å². The lowest BCUT2D eigenvalue weighted by Gasteiger charge is -2.42. The summed E-state index contributed by atoms with van der Waals surface area (Å²) in [6, 6.07) is 27.9. The summed E-state index contributed by atoms with van der Waals surface area (Å²) in [7, 11) is 0. The average Bonchev–Trinajstić information content (AvgIpc) is 2.87. The molecule has 5 rings (SSSR count). The predicted molar refractivity (Wildman–Crippen MR) is 148 cm³/mol. The fraction of sp³-hybridized carbons (Fsp3) is 0.242. The summed E-state index contributed by atoms with van der Waals surface area (Å²) >= 11 is 0. The first-order valence-electron chi connectivity index (χ1n) is 12.6. The zero-order valence-corrected chi connectivity index (χ0v) is 21.7. The third-order valence-corrected chi connectivity index (χ3v) is 7.75. The van der Waals surface area contributed by atoms with Crippen molar-refractivity contribution in [1.82, 2.24) is 0 Å². The Hall–Kier alpha value is -4.05. The lowest BCUT2D eigenvalue weighted by atomic mass is 9.63. The van der Waals surface area contributed by atoms with Crippen molar-refractivity contribution in [3.63, 3.8) is 0 Å². The molecule has 4 aromatic rings. The second-order valence-electron chi connectivity index (χ2n) is 11.2. The van der Waals surface area contributed by atoms with Crippen LogP contribution in [0, 0.1) is 0 Å². The Balaban J connectivity index is 1.69. The zero-order chi connectivity index (χ0) is 26.4. The average molecular weight is 493 g/mol. The maximum Gasteiger partial charge on any atom is 0.511 e. The SMILES string of the molecule is CC1(C)CCC(C)(C)c2cc(-c3cc(-c4ccc(OC(=O)O)cc4O)ccc3-c3ccccc3)ccc21. The van der Waals surface area contributed by atoms with Gasteiger partial charge in [0.25, 0.3) is 0 Å². The maximum atomic E-state index is 10.9. The van der Waals surface area contributed by atoms with E-state index in [4.69, 9.17) is 9.84 Å². The number of hydrogen-bond acceptors (Lipinski definition) is 3. The Kier molecular flexibility index (Phi) is 6.07. The summed E-state index contributed by atoms with van der Waals surface area (Å²) in [5.74, 6) is 0.0416. The Morgan fingerprint density at radius 3 is 1.97 bits per heavy atom. The van der Waals surface area contributed by atoms with Crippen LogP contribution >= 0.6 is 0 Å². The summed E-state index contributed by atoms with van der Waals surface area (Å²) in [6.07, 6.45) is 0.888. The van der Waals surface area contributed by atoms with Crippen molar-refractivity contribution in [1.29, 1.82) is 0 Å². The van der Waals surface area contributed by atoms with Crippen LogP contribution in [0.3, 0.4) is 0 Å². The van der Waals surface area contributed by atoms with E-state index >= 15 is 0 Å². The minimum Gasteiger partial charge on any atom is -0.507 e. The molecule has 188 valence electrons. The van der Waals surface area contributed by atoms with Crippen molar-refractivity contribution in [2.45, 2.75) is 51.4 Å². The maximum absolute atomic E-state index is 10.9. The minimum atomic E-state index is -1.42. The van der Waals surface area contributed by atoms with E-state index in [-0.39, 0.29) is 22.3 Å². The van der Waals surface area contributed by atoms with E-state index in [1.165, 1.54) is 17.2 Å². The number of rotatable bonds is 4. The van der Waals surface area contributed by atoms with Gasteiger partial charge in [0.1, 0.15) is 11.5 Å². The van der Waals surface area contributed by atoms with Crippen LogP contribution in [-0.2, 0) is 10.8 Å². The standard InChI is InChI=1S/C33H32O4/c1-32(2)16-17-33(3,4)29-19-23(11-15-28(29)32)27-18-22(10-13-25(27)21-8-6-5-7-9-21)26-14-12-24(20-30(26)34)37-31(35)36/h5-15,18-20,34H,16-17H2,1-4H3,(H,35,36). The van der Waals surface area contributed by atoms with Crippen molar-refractivity contribution >= 4 is 6.16 Å². The number of carbonyl (C=O) groups is 1. The molecule has 0 radical (unpaired) electrons. The number of benzene rings is 4. The van der Waals surface area contributed by atoms with Crippen molar-refractivity contribution in [3.05, 3.63) is 96.1 Å². The molecule has 0 saturated heterocycles. The zero-order valence-electron chi connectivity index (χ0n) is 21.7. The van der Waals surface area contributed by atoms with Gasteiger partial charge in [0.2, 0.25) is 0 Å². The van der Waals surface area contributed by atoms with Gasteiger partial charge in [-0.15, -0.1) is 0 Å². The molecule has 0 spiro atoms. The molecule has 2 N–H and O–H groups in total. The van der Waals surface area contributed by atoms with Crippen LogP contribution in [0.25, 0.3) is 33.4 Å². The van der Waals surface area contributed by atoms with Crippen LogP contribution in [0.4, 0.5) is 4.79 Å². The van der Waals surface area contributed by atoms with Crippen LogP contribution in [-0.4, -0.2) is 16.4 Å². The highest BCUT2D eigenvalue weighted by Gasteiger charge is 2.37. The molecule has 0 atom stereocenters. The van der Waals surface area contributed by atoms with Gasteiger partial charge >= 0.3 is 6.16 Å².